The number of carbonyl (C=O) groups is 1. The third kappa shape index (κ3) is 2.21. The number of carbonyl (C=O) groups excluding carboxylic acids is 1. The third-order valence-corrected chi connectivity index (χ3v) is 6.62. The van der Waals surface area contributed by atoms with Crippen LogP contribution >= 0.6 is 22.9 Å². The number of ether oxygens (including phenoxy) is 1. The van der Waals surface area contributed by atoms with Crippen LogP contribution in [0.1, 0.15) is 31.6 Å². The van der Waals surface area contributed by atoms with Crippen LogP contribution in [0.25, 0.3) is 0 Å². The number of hydrogen-bond donors (Lipinski definition) is 1. The maximum Gasteiger partial charge on any atom is 0.243 e. The molecule has 1 aromatic heterocycles. The summed E-state index contributed by atoms with van der Waals surface area (Å²) in [6.45, 7) is 5.42. The molecule has 2 fully saturated rings. The van der Waals surface area contributed by atoms with Crippen molar-refractivity contribution < 1.29 is 9.53 Å². The SMILES string of the molecule is CN(Cc1ccc(Cl)s1)C(=O)C1(N)C2CCCOC2C1(C)C. The summed E-state index contributed by atoms with van der Waals surface area (Å²) >= 11 is 7.46. The van der Waals surface area contributed by atoms with E-state index in [1.165, 1.54) is 11.3 Å². The van der Waals surface area contributed by atoms with E-state index in [1.807, 2.05) is 33.0 Å². The Morgan fingerprint density at radius 2 is 2.27 bits per heavy atom. The van der Waals surface area contributed by atoms with E-state index in [9.17, 15) is 4.79 Å². The van der Waals surface area contributed by atoms with E-state index in [-0.39, 0.29) is 23.3 Å². The van der Waals surface area contributed by atoms with E-state index in [4.69, 9.17) is 22.1 Å². The average Bonchev–Trinajstić information content (AvgIpc) is 2.90. The highest BCUT2D eigenvalue weighted by Crippen LogP contribution is 2.57. The molecule has 0 bridgehead atoms. The first kappa shape index (κ1) is 16.2. The highest BCUT2D eigenvalue weighted by Gasteiger charge is 2.70. The molecule has 2 heterocycles. The molecule has 1 aliphatic carbocycles. The monoisotopic (exact) mass is 342 g/mol. The van der Waals surface area contributed by atoms with Crippen molar-refractivity contribution in [2.75, 3.05) is 13.7 Å². The molecule has 1 aromatic rings. The fraction of sp³-hybridized carbons (Fsp3) is 0.688. The van der Waals surface area contributed by atoms with Gasteiger partial charge >= 0.3 is 0 Å². The van der Waals surface area contributed by atoms with Gasteiger partial charge in [0.25, 0.3) is 0 Å². The molecule has 6 heteroatoms. The summed E-state index contributed by atoms with van der Waals surface area (Å²) < 4.78 is 6.61. The van der Waals surface area contributed by atoms with Crippen molar-refractivity contribution in [3.63, 3.8) is 0 Å². The van der Waals surface area contributed by atoms with Crippen molar-refractivity contribution in [2.45, 2.75) is 44.9 Å². The maximum atomic E-state index is 13.0. The van der Waals surface area contributed by atoms with Crippen LogP contribution in [-0.2, 0) is 16.1 Å². The van der Waals surface area contributed by atoms with Crippen LogP contribution in [0.5, 0.6) is 0 Å². The lowest BCUT2D eigenvalue weighted by Crippen LogP contribution is -2.82. The fourth-order valence-corrected chi connectivity index (χ4v) is 5.21. The van der Waals surface area contributed by atoms with Crippen molar-refractivity contribution in [1.82, 2.24) is 4.90 Å². The lowest BCUT2D eigenvalue weighted by atomic mass is 9.46. The molecule has 2 aliphatic rings. The van der Waals surface area contributed by atoms with Gasteiger partial charge in [0.15, 0.2) is 0 Å². The zero-order valence-corrected chi connectivity index (χ0v) is 14.8. The van der Waals surface area contributed by atoms with Crippen LogP contribution in [0.3, 0.4) is 0 Å². The number of likely N-dealkylation sites (N-methyl/N-ethyl adjacent to an activating group) is 1. The zero-order valence-electron chi connectivity index (χ0n) is 13.3. The molecule has 1 saturated carbocycles. The molecule has 2 N–H and O–H groups in total. The summed E-state index contributed by atoms with van der Waals surface area (Å²) in [7, 11) is 1.82. The Morgan fingerprint density at radius 3 is 2.91 bits per heavy atom. The minimum Gasteiger partial charge on any atom is -0.377 e. The molecule has 1 saturated heterocycles. The molecule has 4 nitrogen and oxygen atoms in total. The Labute approximate surface area is 140 Å². The van der Waals surface area contributed by atoms with Crippen molar-refractivity contribution in [3.05, 3.63) is 21.3 Å². The predicted octanol–water partition coefficient (Wildman–Crippen LogP) is 2.89. The molecule has 22 heavy (non-hydrogen) atoms. The first-order valence-corrected chi connectivity index (χ1v) is 8.88. The molecule has 1 amide bonds. The number of nitrogens with two attached hydrogens (primary N) is 1. The van der Waals surface area contributed by atoms with Gasteiger partial charge in [-0.3, -0.25) is 4.79 Å². The lowest BCUT2D eigenvalue weighted by Gasteiger charge is -2.65. The second-order valence-corrected chi connectivity index (χ2v) is 8.80. The summed E-state index contributed by atoms with van der Waals surface area (Å²) in [5.41, 5.74) is 5.47. The Kier molecular flexibility index (Phi) is 4.05. The molecule has 0 radical (unpaired) electrons. The van der Waals surface area contributed by atoms with Crippen LogP contribution in [0.15, 0.2) is 12.1 Å². The number of hydrogen-bond acceptors (Lipinski definition) is 4. The molecule has 3 unspecified atom stereocenters. The van der Waals surface area contributed by atoms with E-state index in [0.29, 0.717) is 6.54 Å². The van der Waals surface area contributed by atoms with Gasteiger partial charge in [0.1, 0.15) is 5.54 Å². The first-order valence-electron chi connectivity index (χ1n) is 7.68. The molecule has 0 aromatic carbocycles. The quantitative estimate of drug-likeness (QED) is 0.918. The average molecular weight is 343 g/mol. The van der Waals surface area contributed by atoms with Gasteiger partial charge in [-0.25, -0.2) is 0 Å². The summed E-state index contributed by atoms with van der Waals surface area (Å²) in [6, 6.07) is 3.81. The second-order valence-electron chi connectivity index (χ2n) is 7.00. The van der Waals surface area contributed by atoms with Crippen molar-refractivity contribution in [1.29, 1.82) is 0 Å². The van der Waals surface area contributed by atoms with E-state index in [0.717, 1.165) is 28.7 Å². The normalized spacial score (nSPS) is 33.0. The van der Waals surface area contributed by atoms with Crippen LogP contribution in [0.4, 0.5) is 0 Å². The number of nitrogens with zero attached hydrogens (tertiary/aromatic N) is 1. The topological polar surface area (TPSA) is 55.6 Å². The van der Waals surface area contributed by atoms with Gasteiger partial charge in [-0.1, -0.05) is 25.4 Å². The molecule has 3 rings (SSSR count). The standard InChI is InChI=1S/C16H23ClN2O2S/c1-15(2)13-11(5-4-8-21-13)16(15,18)14(20)19(3)9-10-6-7-12(17)22-10/h6-7,11,13H,4-5,8-9,18H2,1-3H3. The molecular formula is C16H23ClN2O2S. The third-order valence-electron chi connectivity index (χ3n) is 5.41. The molecular weight excluding hydrogens is 320 g/mol. The van der Waals surface area contributed by atoms with E-state index in [2.05, 4.69) is 0 Å². The Hall–Kier alpha value is -0.620. The zero-order chi connectivity index (χ0) is 16.1. The van der Waals surface area contributed by atoms with Crippen molar-refractivity contribution in [3.8, 4) is 0 Å². The van der Waals surface area contributed by atoms with E-state index >= 15 is 0 Å². The van der Waals surface area contributed by atoms with Crippen LogP contribution in [0, 0.1) is 11.3 Å². The molecule has 0 spiro atoms. The van der Waals surface area contributed by atoms with Crippen molar-refractivity contribution in [2.24, 2.45) is 17.1 Å². The second kappa shape index (κ2) is 5.48. The first-order chi connectivity index (χ1) is 10.3. The van der Waals surface area contributed by atoms with Crippen LogP contribution in [-0.4, -0.2) is 36.1 Å². The molecule has 122 valence electrons. The molecule has 3 atom stereocenters. The predicted molar refractivity (Wildman–Crippen MR) is 89.0 cm³/mol. The van der Waals surface area contributed by atoms with E-state index < -0.39 is 5.54 Å². The lowest BCUT2D eigenvalue weighted by molar-refractivity contribution is -0.229. The van der Waals surface area contributed by atoms with Gasteiger partial charge in [-0.2, -0.15) is 0 Å². The number of fused-ring (bicyclic) bond motifs is 1. The fourth-order valence-electron chi connectivity index (χ4n) is 4.07. The van der Waals surface area contributed by atoms with E-state index in [1.54, 1.807) is 4.90 Å². The Morgan fingerprint density at radius 1 is 1.55 bits per heavy atom. The highest BCUT2D eigenvalue weighted by molar-refractivity contribution is 7.16. The van der Waals surface area contributed by atoms with Gasteiger partial charge in [-0.15, -0.1) is 11.3 Å². The van der Waals surface area contributed by atoms with Crippen molar-refractivity contribution >= 4 is 28.8 Å². The minimum absolute atomic E-state index is 0.00812. The number of rotatable bonds is 3. The smallest absolute Gasteiger partial charge is 0.243 e. The maximum absolute atomic E-state index is 13.0. The summed E-state index contributed by atoms with van der Waals surface area (Å²) in [6.07, 6.45) is 2.04. The summed E-state index contributed by atoms with van der Waals surface area (Å²) in [5, 5.41) is 0. The van der Waals surface area contributed by atoms with Gasteiger partial charge in [0.05, 0.1) is 17.0 Å². The Balaban J connectivity index is 1.78. The number of thiophene rings is 1. The Bertz CT molecular complexity index is 588. The summed E-state index contributed by atoms with van der Waals surface area (Å²) in [5.74, 6) is 0.131. The van der Waals surface area contributed by atoms with Crippen LogP contribution < -0.4 is 5.73 Å². The van der Waals surface area contributed by atoms with Gasteiger partial charge in [0.2, 0.25) is 5.91 Å². The van der Waals surface area contributed by atoms with Crippen LogP contribution in [0.2, 0.25) is 4.34 Å². The number of amides is 1. The largest absolute Gasteiger partial charge is 0.377 e. The van der Waals surface area contributed by atoms with Gasteiger partial charge in [0, 0.05) is 29.9 Å². The van der Waals surface area contributed by atoms with Gasteiger partial charge < -0.3 is 15.4 Å². The summed E-state index contributed by atoms with van der Waals surface area (Å²) in [4.78, 5) is 15.8. The molecule has 1 aliphatic heterocycles. The van der Waals surface area contributed by atoms with Gasteiger partial charge in [-0.05, 0) is 25.0 Å². The minimum atomic E-state index is -0.839. The number of halogens is 1. The highest BCUT2D eigenvalue weighted by atomic mass is 35.5.